The first-order chi connectivity index (χ1) is 28.7. The van der Waals surface area contributed by atoms with Gasteiger partial charge in [-0.25, -0.2) is 5.26 Å². The van der Waals surface area contributed by atoms with Crippen molar-refractivity contribution in [2.75, 3.05) is 42.5 Å². The van der Waals surface area contributed by atoms with Gasteiger partial charge in [0.15, 0.2) is 5.82 Å². The van der Waals surface area contributed by atoms with Gasteiger partial charge in [0.05, 0.1) is 33.6 Å². The Morgan fingerprint density at radius 3 is 1.97 bits per heavy atom. The van der Waals surface area contributed by atoms with Crippen LogP contribution in [0.4, 0.5) is 17.5 Å². The van der Waals surface area contributed by atoms with Gasteiger partial charge in [-0.3, -0.25) is 19.9 Å². The van der Waals surface area contributed by atoms with Crippen LogP contribution in [0.2, 0.25) is 16.6 Å². The predicted molar refractivity (Wildman–Crippen MR) is 237 cm³/mol. The number of H-pyrrole nitrogens is 1. The Hall–Kier alpha value is -5.14. The summed E-state index contributed by atoms with van der Waals surface area (Å²) in [5.74, 6) is 3.18. The maximum absolute atomic E-state index is 13.6. The summed E-state index contributed by atoms with van der Waals surface area (Å²) >= 11 is 0. The van der Waals surface area contributed by atoms with Crippen molar-refractivity contribution in [3.63, 3.8) is 0 Å². The molecule has 1 aromatic heterocycles. The molecular weight excluding hydrogens is 775 g/mol. The fourth-order valence-electron chi connectivity index (χ4n) is 9.06. The van der Waals surface area contributed by atoms with E-state index in [1.54, 1.807) is 32.9 Å². The number of amides is 1. The first-order valence-corrected chi connectivity index (χ1v) is 22.9. The van der Waals surface area contributed by atoms with Crippen LogP contribution in [-0.4, -0.2) is 77.5 Å². The lowest BCUT2D eigenvalue weighted by Crippen LogP contribution is -2.52. The van der Waals surface area contributed by atoms with Crippen LogP contribution < -0.4 is 30.1 Å². The van der Waals surface area contributed by atoms with E-state index in [4.69, 9.17) is 28.4 Å². The van der Waals surface area contributed by atoms with Gasteiger partial charge in [-0.05, 0) is 57.6 Å². The van der Waals surface area contributed by atoms with Gasteiger partial charge in [0.2, 0.25) is 20.2 Å². The SMILES string of the molecule is COc1ccc(C(OC[C@H]2O[C@@H](N3CN([B]C#N)c4c3nc(NC(=O)C(C)C)[nH]c4=O)C[C@@H]2O[Si](C(C)C)(C(C)C)C(C)C)(c2ccccc2)c2ccc(OC)cc2)cc1. The molecule has 0 aliphatic carbocycles. The molecule has 3 atom stereocenters. The standard InChI is InChI=1S/C45H58BN6O7Si/c1-28(2)42(53)49-44-48-41-40(43(54)50-44)52(46-26-47)27-51(41)39-24-37(59-60(29(3)4,30(5)6)31(7)8)38(58-39)25-57-45(32-14-12-11-13-15-32,33-16-20-35(55-9)21-17-33)34-18-22-36(56-10)23-19-34/h11-23,28-31,37-39H,24-25,27H2,1-10H3,(H2,48,49,50,53,54)/t37-,38+,39+/m0/s1. The molecule has 1 fully saturated rings. The highest BCUT2D eigenvalue weighted by Gasteiger charge is 2.52. The van der Waals surface area contributed by atoms with Crippen molar-refractivity contribution in [1.82, 2.24) is 9.97 Å². The second-order valence-electron chi connectivity index (χ2n) is 16.7. The normalized spacial score (nSPS) is 18.0. The molecule has 3 aromatic carbocycles. The largest absolute Gasteiger partial charge is 0.497 e. The molecule has 0 saturated carbocycles. The molecular formula is C45H58BN6O7Si. The maximum Gasteiger partial charge on any atom is 0.388 e. The van der Waals surface area contributed by atoms with Crippen LogP contribution in [0.5, 0.6) is 11.5 Å². The van der Waals surface area contributed by atoms with Gasteiger partial charge in [0, 0.05) is 18.3 Å². The Labute approximate surface area is 355 Å². The van der Waals surface area contributed by atoms with Crippen LogP contribution in [0.25, 0.3) is 0 Å². The molecule has 317 valence electrons. The van der Waals surface area contributed by atoms with Gasteiger partial charge in [-0.1, -0.05) is 110 Å². The van der Waals surface area contributed by atoms with Gasteiger partial charge < -0.3 is 33.1 Å². The van der Waals surface area contributed by atoms with Crippen LogP contribution in [-0.2, 0) is 24.3 Å². The number of aromatic nitrogens is 2. The number of carbonyl (C=O) groups is 1. The molecule has 1 radical (unpaired) electrons. The number of carbonyl (C=O) groups excluding carboxylic acids is 1. The summed E-state index contributed by atoms with van der Waals surface area (Å²) in [5.41, 5.74) is 2.16. The molecule has 3 heterocycles. The van der Waals surface area contributed by atoms with Crippen LogP contribution in [0.15, 0.2) is 83.7 Å². The van der Waals surface area contributed by atoms with Crippen molar-refractivity contribution >= 4 is 39.1 Å². The van der Waals surface area contributed by atoms with Gasteiger partial charge in [0.25, 0.3) is 5.56 Å². The summed E-state index contributed by atoms with van der Waals surface area (Å²) in [7, 11) is 2.08. The molecule has 0 unspecified atom stereocenters. The van der Waals surface area contributed by atoms with E-state index < -0.39 is 37.9 Å². The van der Waals surface area contributed by atoms with E-state index in [0.29, 0.717) is 28.9 Å². The molecule has 13 nitrogen and oxygen atoms in total. The zero-order chi connectivity index (χ0) is 43.4. The molecule has 1 saturated heterocycles. The first-order valence-electron chi connectivity index (χ1n) is 20.7. The average molecular weight is 834 g/mol. The Bertz CT molecular complexity index is 2110. The monoisotopic (exact) mass is 833 g/mol. The maximum atomic E-state index is 13.6. The zero-order valence-corrected chi connectivity index (χ0v) is 37.4. The smallest absolute Gasteiger partial charge is 0.388 e. The van der Waals surface area contributed by atoms with Crippen LogP contribution in [0.3, 0.4) is 0 Å². The van der Waals surface area contributed by atoms with Crippen molar-refractivity contribution in [3.05, 3.63) is 106 Å². The minimum Gasteiger partial charge on any atom is -0.497 e. The number of anilines is 3. The number of rotatable bonds is 17. The molecule has 1 amide bonds. The fourth-order valence-corrected chi connectivity index (χ4v) is 14.6. The van der Waals surface area contributed by atoms with Crippen molar-refractivity contribution in [2.45, 2.75) is 102 Å². The quantitative estimate of drug-likeness (QED) is 0.0794. The van der Waals surface area contributed by atoms with Crippen molar-refractivity contribution < 1.29 is 28.2 Å². The van der Waals surface area contributed by atoms with Crippen LogP contribution in [0.1, 0.15) is 78.5 Å². The van der Waals surface area contributed by atoms with E-state index in [-0.39, 0.29) is 36.7 Å². The number of nitrogens with zero attached hydrogens (tertiary/aromatic N) is 4. The Kier molecular flexibility index (Phi) is 13.8. The van der Waals surface area contributed by atoms with Crippen LogP contribution >= 0.6 is 0 Å². The number of fused-ring (bicyclic) bond motifs is 1. The Morgan fingerprint density at radius 1 is 0.917 bits per heavy atom. The first kappa shape index (κ1) is 44.4. The summed E-state index contributed by atoms with van der Waals surface area (Å²) in [6.07, 6.45) is -1.18. The molecule has 60 heavy (non-hydrogen) atoms. The molecule has 0 spiro atoms. The molecule has 2 aliphatic heterocycles. The summed E-state index contributed by atoms with van der Waals surface area (Å²) in [4.78, 5) is 37.2. The molecule has 6 rings (SSSR count). The topological polar surface area (TPSA) is 151 Å². The summed E-state index contributed by atoms with van der Waals surface area (Å²) < 4.78 is 33.2. The lowest BCUT2D eigenvalue weighted by molar-refractivity contribution is -0.118. The Balaban J connectivity index is 1.46. The van der Waals surface area contributed by atoms with Gasteiger partial charge >= 0.3 is 7.41 Å². The number of ether oxygens (including phenoxy) is 4. The number of nitriles is 1. The van der Waals surface area contributed by atoms with E-state index in [1.807, 2.05) is 71.6 Å². The number of benzene rings is 3. The number of methoxy groups -OCH3 is 2. The third-order valence-electron chi connectivity index (χ3n) is 11.9. The van der Waals surface area contributed by atoms with E-state index >= 15 is 0 Å². The molecule has 2 N–H and O–H groups in total. The minimum atomic E-state index is -2.50. The van der Waals surface area contributed by atoms with Crippen molar-refractivity contribution in [1.29, 1.82) is 5.26 Å². The van der Waals surface area contributed by atoms with E-state index in [2.05, 4.69) is 69.9 Å². The van der Waals surface area contributed by atoms with Gasteiger partial charge in [0.1, 0.15) is 35.1 Å². The van der Waals surface area contributed by atoms with E-state index in [9.17, 15) is 14.9 Å². The summed E-state index contributed by atoms with van der Waals surface area (Å²) in [5, 5.41) is 12.5. The highest BCUT2D eigenvalue weighted by atomic mass is 28.4. The van der Waals surface area contributed by atoms with E-state index in [1.165, 1.54) is 7.41 Å². The number of hydrogen-bond acceptors (Lipinski definition) is 11. The lowest BCUT2D eigenvalue weighted by Gasteiger charge is -2.45. The molecule has 2 aliphatic rings. The molecule has 15 heteroatoms. The van der Waals surface area contributed by atoms with Crippen LogP contribution in [0, 0.1) is 17.1 Å². The third kappa shape index (κ3) is 8.56. The van der Waals surface area contributed by atoms with Crippen molar-refractivity contribution in [3.8, 4) is 17.5 Å². The number of hydrogen-bond donors (Lipinski definition) is 2. The number of aromatic amines is 1. The molecule has 4 aromatic rings. The van der Waals surface area contributed by atoms with Gasteiger partial charge in [-0.15, -0.1) is 0 Å². The third-order valence-corrected chi connectivity index (χ3v) is 18.1. The van der Waals surface area contributed by atoms with E-state index in [0.717, 1.165) is 28.2 Å². The minimum absolute atomic E-state index is 0.0180. The fraction of sp³-hybridized carbons (Fsp3) is 0.467. The zero-order valence-electron chi connectivity index (χ0n) is 36.4. The second kappa shape index (κ2) is 18.6. The highest BCUT2D eigenvalue weighted by Crippen LogP contribution is 2.47. The predicted octanol–water partition coefficient (Wildman–Crippen LogP) is 7.75. The van der Waals surface area contributed by atoms with Crippen molar-refractivity contribution in [2.24, 2.45) is 5.92 Å². The highest BCUT2D eigenvalue weighted by molar-refractivity contribution is 6.77. The summed E-state index contributed by atoms with van der Waals surface area (Å²) in [6.45, 7) is 17.3. The Morgan fingerprint density at radius 2 is 1.47 bits per heavy atom. The average Bonchev–Trinajstić information content (AvgIpc) is 3.81. The molecule has 0 bridgehead atoms. The summed E-state index contributed by atoms with van der Waals surface area (Å²) in [6, 6.07) is 26.0. The number of nitrogens with one attached hydrogen (secondary N) is 2. The lowest BCUT2D eigenvalue weighted by atomic mass is 9.80. The van der Waals surface area contributed by atoms with Gasteiger partial charge in [-0.2, -0.15) is 4.98 Å². The second-order valence-corrected chi connectivity index (χ2v) is 22.1.